The molecule has 0 aliphatic carbocycles. The number of rotatable bonds is 25. The van der Waals surface area contributed by atoms with Crippen molar-refractivity contribution in [2.45, 2.75) is 96.1 Å². The van der Waals surface area contributed by atoms with Crippen molar-refractivity contribution in [1.82, 2.24) is 30.2 Å². The lowest BCUT2D eigenvalue weighted by atomic mass is 9.87. The largest absolute Gasteiger partial charge is 0.481 e. The summed E-state index contributed by atoms with van der Waals surface area (Å²) < 4.78 is 76.0. The second-order valence-corrected chi connectivity index (χ2v) is 18.9. The van der Waals surface area contributed by atoms with Crippen molar-refractivity contribution in [3.63, 3.8) is 0 Å². The molecule has 3 heterocycles. The first-order valence-corrected chi connectivity index (χ1v) is 23.2. The Morgan fingerprint density at radius 1 is 1.05 bits per heavy atom. The summed E-state index contributed by atoms with van der Waals surface area (Å²) in [5.74, 6) is -1.43. The molecule has 29 heteroatoms. The number of ether oxygens (including phenoxy) is 1. The lowest BCUT2D eigenvalue weighted by Gasteiger charge is -2.30. The Morgan fingerprint density at radius 2 is 1.74 bits per heavy atom. The quantitative estimate of drug-likeness (QED) is 0.0495. The molecule has 3 rings (SSSR count). The molecule has 0 radical (unpaired) electrons. The van der Waals surface area contributed by atoms with E-state index >= 15 is 0 Å². The Balaban J connectivity index is 1.45. The highest BCUT2D eigenvalue weighted by molar-refractivity contribution is 8.13. The summed E-state index contributed by atoms with van der Waals surface area (Å²) in [6, 6.07) is 0. The number of unbranched alkanes of at least 4 members (excludes halogenated alkanes) is 3. The van der Waals surface area contributed by atoms with E-state index < -0.39 is 95.8 Å². The molecule has 3 unspecified atom stereocenters. The number of nitrogens with one attached hydrogen (secondary N) is 2. The van der Waals surface area contributed by atoms with Crippen molar-refractivity contribution in [2.24, 2.45) is 5.41 Å². The van der Waals surface area contributed by atoms with Crippen molar-refractivity contribution in [1.29, 1.82) is 0 Å². The number of nitrogens with zero attached hydrogens (tertiary/aromatic N) is 4. The monoisotopic (exact) mass is 911 g/mol. The van der Waals surface area contributed by atoms with Crippen molar-refractivity contribution < 1.29 is 84.9 Å². The number of hydrogen-bond acceptors (Lipinski definition) is 18. The van der Waals surface area contributed by atoms with Crippen LogP contribution < -0.4 is 16.4 Å². The third-order valence-corrected chi connectivity index (χ3v) is 12.4. The normalized spacial score (nSPS) is 21.9. The number of amides is 2. The van der Waals surface area contributed by atoms with Gasteiger partial charge in [0.05, 0.1) is 19.5 Å². The van der Waals surface area contributed by atoms with E-state index in [1.807, 2.05) is 6.92 Å². The number of nitrogen functional groups attached to an aromatic ring is 1. The molecule has 1 saturated heterocycles. The molecule has 2 aromatic rings. The predicted molar refractivity (Wildman–Crippen MR) is 201 cm³/mol. The maximum atomic E-state index is 14.0. The number of carbonyl (C=O) groups excluding carboxylic acids is 3. The summed E-state index contributed by atoms with van der Waals surface area (Å²) in [7, 11) is -16.4. The van der Waals surface area contributed by atoms with E-state index in [0.717, 1.165) is 48.2 Å². The first-order chi connectivity index (χ1) is 27.0. The van der Waals surface area contributed by atoms with Gasteiger partial charge >= 0.3 is 23.5 Å². The number of aliphatic hydroxyl groups excluding tert-OH is 2. The van der Waals surface area contributed by atoms with Gasteiger partial charge in [-0.2, -0.15) is 4.31 Å². The Bertz CT molecular complexity index is 1860. The van der Waals surface area contributed by atoms with Gasteiger partial charge in [-0.05, 0) is 6.42 Å². The van der Waals surface area contributed by atoms with Crippen LogP contribution in [0.5, 0.6) is 0 Å². The second-order valence-electron chi connectivity index (χ2n) is 13.6. The van der Waals surface area contributed by atoms with E-state index in [-0.39, 0.29) is 48.7 Å². The van der Waals surface area contributed by atoms with Gasteiger partial charge in [0.1, 0.15) is 36.3 Å². The number of alkyl halides is 1. The molecule has 2 aromatic heterocycles. The molecule has 8 atom stereocenters. The Morgan fingerprint density at radius 3 is 2.41 bits per heavy atom. The van der Waals surface area contributed by atoms with Crippen molar-refractivity contribution in [2.75, 3.05) is 37.8 Å². The van der Waals surface area contributed by atoms with Gasteiger partial charge in [-0.25, -0.2) is 33.0 Å². The number of carbonyl (C=O) groups is 3. The number of fused-ring (bicyclic) bond motifs is 1. The number of nitrogens with two attached hydrogens (primary N) is 1. The van der Waals surface area contributed by atoms with Gasteiger partial charge in [-0.15, -0.1) is 0 Å². The summed E-state index contributed by atoms with van der Waals surface area (Å²) >= 11 is 0.767. The van der Waals surface area contributed by atoms with Crippen LogP contribution in [-0.4, -0.2) is 129 Å². The summed E-state index contributed by atoms with van der Waals surface area (Å²) in [6.45, 7) is 2.25. The molecule has 10 N–H and O–H groups in total. The van der Waals surface area contributed by atoms with Crippen LogP contribution in [0.1, 0.15) is 65.5 Å². The van der Waals surface area contributed by atoms with Crippen molar-refractivity contribution >= 4 is 69.1 Å². The number of phosphoric ester groups is 3. The molecule has 1 fully saturated rings. The van der Waals surface area contributed by atoms with Crippen molar-refractivity contribution in [3.05, 3.63) is 12.7 Å². The van der Waals surface area contributed by atoms with E-state index in [4.69, 9.17) is 19.5 Å². The molecule has 2 amide bonds. The number of halogens is 1. The van der Waals surface area contributed by atoms with Crippen LogP contribution in [-0.2, 0) is 50.7 Å². The van der Waals surface area contributed by atoms with Gasteiger partial charge in [0.2, 0.25) is 16.9 Å². The zero-order valence-electron chi connectivity index (χ0n) is 31.6. The Kier molecular flexibility index (Phi) is 18.8. The zero-order valence-corrected chi connectivity index (χ0v) is 35.1. The Labute approximate surface area is 335 Å². The number of thioether (sulfide) groups is 1. The van der Waals surface area contributed by atoms with E-state index in [0.29, 0.717) is 6.42 Å². The number of imidazole rings is 1. The van der Waals surface area contributed by atoms with Crippen LogP contribution in [0.3, 0.4) is 0 Å². The van der Waals surface area contributed by atoms with Crippen LogP contribution in [0.4, 0.5) is 10.2 Å². The van der Waals surface area contributed by atoms with Gasteiger partial charge in [0.15, 0.2) is 23.9 Å². The highest BCUT2D eigenvalue weighted by Gasteiger charge is 2.50. The molecule has 0 aromatic carbocycles. The second kappa shape index (κ2) is 21.8. The summed E-state index contributed by atoms with van der Waals surface area (Å²) in [5.41, 5.74) is 4.22. The smallest absolute Gasteiger partial charge is 0.386 e. The molecule has 0 saturated carbocycles. The molecule has 1 aliphatic heterocycles. The van der Waals surface area contributed by atoms with E-state index in [1.54, 1.807) is 0 Å². The number of aromatic nitrogens is 4. The average molecular weight is 912 g/mol. The lowest BCUT2D eigenvalue weighted by molar-refractivity contribution is -0.137. The van der Waals surface area contributed by atoms with Crippen LogP contribution >= 0.6 is 35.2 Å². The number of hydrogen-bond donors (Lipinski definition) is 9. The maximum Gasteiger partial charge on any atom is 0.481 e. The highest BCUT2D eigenvalue weighted by atomic mass is 32.2. The molecule has 0 spiro atoms. The molecule has 1 aliphatic rings. The fourth-order valence-corrected chi connectivity index (χ4v) is 8.77. The zero-order chi connectivity index (χ0) is 43.5. The topological polar surface area (TPSA) is 364 Å². The van der Waals surface area contributed by atoms with E-state index in [2.05, 4.69) is 34.4 Å². The third-order valence-electron chi connectivity index (χ3n) is 8.31. The van der Waals surface area contributed by atoms with Gasteiger partial charge in [-0.3, -0.25) is 32.5 Å². The summed E-state index contributed by atoms with van der Waals surface area (Å²) in [5, 5.41) is 25.7. The molecular formula is C29H49FN7O17P3S. The van der Waals surface area contributed by atoms with Crippen LogP contribution in [0, 0.1) is 5.41 Å². The van der Waals surface area contributed by atoms with E-state index in [9.17, 15) is 62.3 Å². The molecule has 58 heavy (non-hydrogen) atoms. The number of anilines is 1. The molecule has 0 bridgehead atoms. The first kappa shape index (κ1) is 49.8. The summed E-state index contributed by atoms with van der Waals surface area (Å²) in [4.78, 5) is 87.5. The fraction of sp³-hybridized carbons (Fsp3) is 0.724. The van der Waals surface area contributed by atoms with Gasteiger partial charge in [0, 0.05) is 30.7 Å². The highest BCUT2D eigenvalue weighted by Crippen LogP contribution is 2.61. The van der Waals surface area contributed by atoms with Crippen molar-refractivity contribution in [3.8, 4) is 0 Å². The van der Waals surface area contributed by atoms with Gasteiger partial charge < -0.3 is 50.9 Å². The SMILES string of the molecule is CCCCCCC(F)C(=O)SCCNC(=O)CCNC(=O)[C@H](O)C(C)(C)COP(=O)(O)OP(=O)(O)OC[C@H]1O[C@@H](n2cnc3c(N)ncnc32)[C@H](O)[C@@H]1OP(=O)(O)O. The fourth-order valence-electron chi connectivity index (χ4n) is 5.24. The lowest BCUT2D eigenvalue weighted by Crippen LogP contribution is -2.46. The van der Waals surface area contributed by atoms with Crippen LogP contribution in [0.15, 0.2) is 12.7 Å². The minimum absolute atomic E-state index is 0.0234. The minimum atomic E-state index is -5.59. The third kappa shape index (κ3) is 15.5. The van der Waals surface area contributed by atoms with Crippen LogP contribution in [0.25, 0.3) is 11.2 Å². The number of phosphoric acid groups is 3. The standard InChI is InChI=1S/C29H49FN7O17P3S/c1-4-5-6-7-8-17(30)28(42)58-12-11-32-19(38)9-10-33-26(41)23(40)29(2,3)14-51-57(48,49)54-56(46,47)50-13-18-22(53-55(43,44)45)21(39)27(52-18)37-16-36-20-24(31)34-15-35-25(20)37/h15-18,21-23,27,39-40H,4-14H2,1-3H3,(H,32,38)(H,33,41)(H,46,47)(H,48,49)(H2,31,34,35)(H2,43,44,45)/t17?,18-,21-,22-,23+,27-/m1/s1. The average Bonchev–Trinajstić information content (AvgIpc) is 3.69. The van der Waals surface area contributed by atoms with Gasteiger partial charge in [0.25, 0.3) is 0 Å². The molecule has 330 valence electrons. The Hall–Kier alpha value is -2.51. The predicted octanol–water partition coefficient (Wildman–Crippen LogP) is 0.973. The van der Waals surface area contributed by atoms with Crippen LogP contribution in [0.2, 0.25) is 0 Å². The minimum Gasteiger partial charge on any atom is -0.386 e. The molecular weight excluding hydrogens is 862 g/mol. The maximum absolute atomic E-state index is 14.0. The number of aliphatic hydroxyl groups is 2. The summed E-state index contributed by atoms with van der Waals surface area (Å²) in [6.07, 6.45) is -5.07. The molecule has 24 nitrogen and oxygen atoms in total. The first-order valence-electron chi connectivity index (χ1n) is 17.7. The van der Waals surface area contributed by atoms with E-state index in [1.165, 1.54) is 13.8 Å². The van der Waals surface area contributed by atoms with Gasteiger partial charge in [-0.1, -0.05) is 58.2 Å².